The second-order valence-electron chi connectivity index (χ2n) is 5.97. The van der Waals surface area contributed by atoms with Gasteiger partial charge in [-0.05, 0) is 13.0 Å². The standard InChI is InChI=1S/C19H25ClN2O5/c1-7-27-19(23)16-15(20)14(12(21-16)10-22(2)3)11-8-9-13(24-4)18(26-6)17(11)25-5/h8-10,14,21H,7H2,1-6H3. The van der Waals surface area contributed by atoms with E-state index in [0.29, 0.717) is 22.3 Å². The summed E-state index contributed by atoms with van der Waals surface area (Å²) in [6, 6.07) is 3.61. The molecule has 2 rings (SSSR count). The van der Waals surface area contributed by atoms with Crippen LogP contribution in [0.15, 0.2) is 34.8 Å². The Morgan fingerprint density at radius 2 is 1.85 bits per heavy atom. The van der Waals surface area contributed by atoms with Crippen LogP contribution in [0.5, 0.6) is 17.2 Å². The van der Waals surface area contributed by atoms with Gasteiger partial charge in [0.1, 0.15) is 5.70 Å². The minimum atomic E-state index is -0.505. The highest BCUT2D eigenvalue weighted by atomic mass is 35.5. The molecule has 1 N–H and O–H groups in total. The van der Waals surface area contributed by atoms with Gasteiger partial charge in [0, 0.05) is 31.6 Å². The maximum absolute atomic E-state index is 12.3. The second kappa shape index (κ2) is 8.90. The Labute approximate surface area is 164 Å². The number of hydrogen-bond donors (Lipinski definition) is 1. The maximum Gasteiger partial charge on any atom is 0.355 e. The summed E-state index contributed by atoms with van der Waals surface area (Å²) in [5.41, 5.74) is 1.67. The van der Waals surface area contributed by atoms with Crippen LogP contribution in [0.4, 0.5) is 0 Å². The lowest BCUT2D eigenvalue weighted by Crippen LogP contribution is -2.20. The minimum Gasteiger partial charge on any atom is -0.493 e. The molecule has 0 aromatic heterocycles. The molecule has 1 aromatic rings. The van der Waals surface area contributed by atoms with Crippen molar-refractivity contribution < 1.29 is 23.7 Å². The van der Waals surface area contributed by atoms with E-state index in [1.54, 1.807) is 27.2 Å². The quantitative estimate of drug-likeness (QED) is 0.710. The fourth-order valence-corrected chi connectivity index (χ4v) is 3.31. The smallest absolute Gasteiger partial charge is 0.355 e. The molecule has 1 aliphatic rings. The molecule has 0 bridgehead atoms. The van der Waals surface area contributed by atoms with Crippen molar-refractivity contribution in [2.24, 2.45) is 0 Å². The predicted molar refractivity (Wildman–Crippen MR) is 103 cm³/mol. The third-order valence-corrected chi connectivity index (χ3v) is 4.40. The van der Waals surface area contributed by atoms with Crippen LogP contribution in [0.3, 0.4) is 0 Å². The summed E-state index contributed by atoms with van der Waals surface area (Å²) < 4.78 is 21.5. The second-order valence-corrected chi connectivity index (χ2v) is 6.38. The van der Waals surface area contributed by atoms with Gasteiger partial charge in [0.05, 0.1) is 38.9 Å². The Morgan fingerprint density at radius 1 is 1.19 bits per heavy atom. The molecule has 0 spiro atoms. The van der Waals surface area contributed by atoms with E-state index >= 15 is 0 Å². The van der Waals surface area contributed by atoms with Crippen molar-refractivity contribution in [3.63, 3.8) is 0 Å². The lowest BCUT2D eigenvalue weighted by molar-refractivity contribution is -0.138. The molecular formula is C19H25ClN2O5. The number of esters is 1. The van der Waals surface area contributed by atoms with E-state index in [0.717, 1.165) is 11.3 Å². The zero-order chi connectivity index (χ0) is 20.1. The molecule has 0 saturated heterocycles. The molecule has 1 aromatic carbocycles. The number of carbonyl (C=O) groups excluding carboxylic acids is 1. The molecule has 0 amide bonds. The zero-order valence-corrected chi connectivity index (χ0v) is 17.1. The summed E-state index contributed by atoms with van der Waals surface area (Å²) in [5.74, 6) is 0.526. The Bertz CT molecular complexity index is 774. The number of rotatable bonds is 7. The maximum atomic E-state index is 12.3. The van der Waals surface area contributed by atoms with Crippen LogP contribution in [0, 0.1) is 0 Å². The van der Waals surface area contributed by atoms with Gasteiger partial charge in [0.15, 0.2) is 11.5 Å². The van der Waals surface area contributed by atoms with Crippen molar-refractivity contribution >= 4 is 17.6 Å². The van der Waals surface area contributed by atoms with Crippen LogP contribution >= 0.6 is 11.6 Å². The van der Waals surface area contributed by atoms with Gasteiger partial charge in [-0.2, -0.15) is 0 Å². The average Bonchev–Trinajstić information content (AvgIpc) is 2.95. The highest BCUT2D eigenvalue weighted by molar-refractivity contribution is 6.33. The Hall–Kier alpha value is -2.54. The highest BCUT2D eigenvalue weighted by Gasteiger charge is 2.37. The molecule has 1 aliphatic heterocycles. The summed E-state index contributed by atoms with van der Waals surface area (Å²) >= 11 is 6.62. The van der Waals surface area contributed by atoms with Crippen molar-refractivity contribution in [3.05, 3.63) is 40.3 Å². The third kappa shape index (κ3) is 4.08. The van der Waals surface area contributed by atoms with E-state index in [-0.39, 0.29) is 12.3 Å². The molecule has 0 fully saturated rings. The number of ether oxygens (including phenoxy) is 4. The lowest BCUT2D eigenvalue weighted by Gasteiger charge is -2.21. The van der Waals surface area contributed by atoms with Gasteiger partial charge in [-0.1, -0.05) is 17.7 Å². The van der Waals surface area contributed by atoms with E-state index in [2.05, 4.69) is 5.32 Å². The molecule has 1 atom stereocenters. The van der Waals surface area contributed by atoms with Crippen LogP contribution < -0.4 is 19.5 Å². The molecule has 0 aliphatic carbocycles. The Kier molecular flexibility index (Phi) is 6.85. The summed E-state index contributed by atoms with van der Waals surface area (Å²) in [6.45, 7) is 2.00. The SMILES string of the molecule is CCOC(=O)C1=C(Cl)C(c2ccc(OC)c(OC)c2OC)C(=CN(C)C)N1. The van der Waals surface area contributed by atoms with Crippen molar-refractivity contribution in [1.82, 2.24) is 10.2 Å². The number of nitrogens with zero attached hydrogens (tertiary/aromatic N) is 1. The first-order valence-corrected chi connectivity index (χ1v) is 8.78. The van der Waals surface area contributed by atoms with Crippen molar-refractivity contribution in [2.45, 2.75) is 12.8 Å². The van der Waals surface area contributed by atoms with Crippen molar-refractivity contribution in [2.75, 3.05) is 42.0 Å². The molecule has 27 heavy (non-hydrogen) atoms. The van der Waals surface area contributed by atoms with Gasteiger partial charge in [-0.3, -0.25) is 0 Å². The summed E-state index contributed by atoms with van der Waals surface area (Å²) in [5, 5.41) is 3.41. The fourth-order valence-electron chi connectivity index (χ4n) is 2.95. The van der Waals surface area contributed by atoms with E-state index in [9.17, 15) is 4.79 Å². The van der Waals surface area contributed by atoms with Gasteiger partial charge >= 0.3 is 5.97 Å². The third-order valence-electron chi connectivity index (χ3n) is 4.00. The largest absolute Gasteiger partial charge is 0.493 e. The van der Waals surface area contributed by atoms with Gasteiger partial charge in [0.25, 0.3) is 0 Å². The lowest BCUT2D eigenvalue weighted by atomic mass is 9.95. The van der Waals surface area contributed by atoms with Crippen molar-refractivity contribution in [1.29, 1.82) is 0 Å². The first kappa shape index (κ1) is 20.8. The van der Waals surface area contributed by atoms with E-state index in [1.165, 1.54) is 7.11 Å². The average molecular weight is 397 g/mol. The first-order valence-electron chi connectivity index (χ1n) is 8.40. The molecule has 0 saturated carbocycles. The Balaban J connectivity index is 2.66. The number of methoxy groups -OCH3 is 3. The van der Waals surface area contributed by atoms with Crippen LogP contribution in [0.25, 0.3) is 0 Å². The molecule has 1 unspecified atom stereocenters. The highest BCUT2D eigenvalue weighted by Crippen LogP contribution is 2.49. The molecule has 0 radical (unpaired) electrons. The fraction of sp³-hybridized carbons (Fsp3) is 0.421. The molecule has 8 heteroatoms. The Morgan fingerprint density at radius 3 is 2.37 bits per heavy atom. The summed E-state index contributed by atoms with van der Waals surface area (Å²) in [7, 11) is 8.40. The van der Waals surface area contributed by atoms with Gasteiger partial charge < -0.3 is 29.2 Å². The molecule has 148 valence electrons. The molecule has 1 heterocycles. The normalized spacial score (nSPS) is 17.6. The topological polar surface area (TPSA) is 69.3 Å². The number of allylic oxidation sites excluding steroid dienone is 1. The van der Waals surface area contributed by atoms with E-state index in [4.69, 9.17) is 30.5 Å². The number of carbonyl (C=O) groups is 1. The molecular weight excluding hydrogens is 372 g/mol. The van der Waals surface area contributed by atoms with E-state index < -0.39 is 11.9 Å². The van der Waals surface area contributed by atoms with Crippen molar-refractivity contribution in [3.8, 4) is 17.2 Å². The number of nitrogens with one attached hydrogen (secondary N) is 1. The summed E-state index contributed by atoms with van der Waals surface area (Å²) in [4.78, 5) is 14.2. The van der Waals surface area contributed by atoms with Crippen LogP contribution in [-0.2, 0) is 9.53 Å². The van der Waals surface area contributed by atoms with Crippen LogP contribution in [0.1, 0.15) is 18.4 Å². The molecule has 7 nitrogen and oxygen atoms in total. The van der Waals surface area contributed by atoms with Gasteiger partial charge in [-0.15, -0.1) is 0 Å². The number of halogens is 1. The number of hydrogen-bond acceptors (Lipinski definition) is 7. The number of benzene rings is 1. The summed E-state index contributed by atoms with van der Waals surface area (Å²) in [6.07, 6.45) is 1.86. The predicted octanol–water partition coefficient (Wildman–Crippen LogP) is 2.82. The van der Waals surface area contributed by atoms with Crippen LogP contribution in [0.2, 0.25) is 0 Å². The van der Waals surface area contributed by atoms with Gasteiger partial charge in [0.2, 0.25) is 5.75 Å². The van der Waals surface area contributed by atoms with Gasteiger partial charge in [-0.25, -0.2) is 4.79 Å². The minimum absolute atomic E-state index is 0.216. The first-order chi connectivity index (χ1) is 12.9. The van der Waals surface area contributed by atoms with Crippen LogP contribution in [-0.4, -0.2) is 52.9 Å². The monoisotopic (exact) mass is 396 g/mol. The van der Waals surface area contributed by atoms with E-state index in [1.807, 2.05) is 31.3 Å². The zero-order valence-electron chi connectivity index (χ0n) is 16.4.